The number of amides is 1. The van der Waals surface area contributed by atoms with Gasteiger partial charge in [-0.25, -0.2) is 0 Å². The van der Waals surface area contributed by atoms with Gasteiger partial charge in [-0.2, -0.15) is 0 Å². The second kappa shape index (κ2) is 3.20. The van der Waals surface area contributed by atoms with Crippen molar-refractivity contribution in [3.05, 3.63) is 11.8 Å². The first-order valence-corrected chi connectivity index (χ1v) is 4.10. The molecule has 0 radical (unpaired) electrons. The van der Waals surface area contributed by atoms with Gasteiger partial charge in [-0.15, -0.1) is 0 Å². The van der Waals surface area contributed by atoms with E-state index in [1.807, 2.05) is 0 Å². The lowest BCUT2D eigenvalue weighted by Crippen LogP contribution is -2.24. The molecule has 0 aromatic rings. The summed E-state index contributed by atoms with van der Waals surface area (Å²) in [5.41, 5.74) is -0.535. The second-order valence-corrected chi connectivity index (χ2v) is 3.97. The van der Waals surface area contributed by atoms with Crippen LogP contribution in [0.4, 0.5) is 0 Å². The van der Waals surface area contributed by atoms with E-state index in [0.717, 1.165) is 0 Å². The lowest BCUT2D eigenvalue weighted by molar-refractivity contribution is -0.148. The van der Waals surface area contributed by atoms with Crippen molar-refractivity contribution < 1.29 is 14.3 Å². The third-order valence-corrected chi connectivity index (χ3v) is 1.57. The zero-order valence-corrected chi connectivity index (χ0v) is 8.01. The quantitative estimate of drug-likeness (QED) is 0.605. The predicted molar refractivity (Wildman–Crippen MR) is 46.6 cm³/mol. The van der Waals surface area contributed by atoms with Crippen molar-refractivity contribution in [3.8, 4) is 0 Å². The highest BCUT2D eigenvalue weighted by Crippen LogP contribution is 2.17. The van der Waals surface area contributed by atoms with Crippen LogP contribution in [0.15, 0.2) is 11.8 Å². The highest BCUT2D eigenvalue weighted by atomic mass is 16.5. The smallest absolute Gasteiger partial charge is 0.316 e. The van der Waals surface area contributed by atoms with Gasteiger partial charge in [0.2, 0.25) is 5.91 Å². The van der Waals surface area contributed by atoms with Gasteiger partial charge in [0.05, 0.1) is 12.0 Å². The van der Waals surface area contributed by atoms with Crippen LogP contribution >= 0.6 is 0 Å². The van der Waals surface area contributed by atoms with Crippen molar-refractivity contribution in [2.24, 2.45) is 5.41 Å². The summed E-state index contributed by atoms with van der Waals surface area (Å²) < 4.78 is 4.98. The minimum absolute atomic E-state index is 0.211. The van der Waals surface area contributed by atoms with E-state index < -0.39 is 5.41 Å². The van der Waals surface area contributed by atoms with Crippen molar-refractivity contribution in [3.63, 3.8) is 0 Å². The van der Waals surface area contributed by atoms with Crippen molar-refractivity contribution in [2.45, 2.75) is 20.8 Å². The molecule has 1 N–H and O–H groups in total. The van der Waals surface area contributed by atoms with Crippen molar-refractivity contribution in [2.75, 3.05) is 6.54 Å². The molecule has 4 nitrogen and oxygen atoms in total. The van der Waals surface area contributed by atoms with Crippen LogP contribution in [-0.4, -0.2) is 18.4 Å². The SMILES string of the molecule is CC(C)(C)C(=O)OC1=CC(=O)NC1. The lowest BCUT2D eigenvalue weighted by Gasteiger charge is -2.16. The van der Waals surface area contributed by atoms with Crippen LogP contribution in [-0.2, 0) is 14.3 Å². The monoisotopic (exact) mass is 183 g/mol. The van der Waals surface area contributed by atoms with Crippen LogP contribution in [0.25, 0.3) is 0 Å². The molecule has 0 aliphatic carbocycles. The summed E-state index contributed by atoms with van der Waals surface area (Å²) in [6.07, 6.45) is 1.30. The van der Waals surface area contributed by atoms with Crippen LogP contribution < -0.4 is 5.32 Å². The Balaban J connectivity index is 2.56. The fraction of sp³-hybridized carbons (Fsp3) is 0.556. The van der Waals surface area contributed by atoms with Gasteiger partial charge in [0.15, 0.2) is 0 Å². The Labute approximate surface area is 76.9 Å². The molecule has 0 fully saturated rings. The summed E-state index contributed by atoms with van der Waals surface area (Å²) >= 11 is 0. The fourth-order valence-electron chi connectivity index (χ4n) is 0.760. The zero-order chi connectivity index (χ0) is 10.1. The van der Waals surface area contributed by atoms with Crippen molar-refractivity contribution >= 4 is 11.9 Å². The first kappa shape index (κ1) is 9.77. The Morgan fingerprint density at radius 1 is 1.54 bits per heavy atom. The Morgan fingerprint density at radius 2 is 2.15 bits per heavy atom. The molecule has 0 unspecified atom stereocenters. The third-order valence-electron chi connectivity index (χ3n) is 1.57. The predicted octanol–water partition coefficient (Wildman–Crippen LogP) is 0.589. The van der Waals surface area contributed by atoms with Gasteiger partial charge in [0, 0.05) is 6.08 Å². The van der Waals surface area contributed by atoms with Crippen LogP contribution in [0.2, 0.25) is 0 Å². The first-order valence-electron chi connectivity index (χ1n) is 4.10. The minimum atomic E-state index is -0.535. The van der Waals surface area contributed by atoms with Gasteiger partial charge in [-0.3, -0.25) is 9.59 Å². The molecule has 1 aliphatic heterocycles. The number of carbonyl (C=O) groups is 2. The van der Waals surface area contributed by atoms with E-state index >= 15 is 0 Å². The average molecular weight is 183 g/mol. The van der Waals surface area contributed by atoms with Gasteiger partial charge in [-0.05, 0) is 20.8 Å². The number of esters is 1. The normalized spacial score (nSPS) is 16.5. The van der Waals surface area contributed by atoms with Gasteiger partial charge < -0.3 is 10.1 Å². The van der Waals surface area contributed by atoms with E-state index in [1.165, 1.54) is 6.08 Å². The number of carbonyl (C=O) groups excluding carboxylic acids is 2. The maximum Gasteiger partial charge on any atom is 0.316 e. The van der Waals surface area contributed by atoms with Crippen LogP contribution in [0.5, 0.6) is 0 Å². The molecule has 0 atom stereocenters. The summed E-state index contributed by atoms with van der Waals surface area (Å²) in [5, 5.41) is 2.52. The maximum absolute atomic E-state index is 11.3. The number of hydrogen-bond acceptors (Lipinski definition) is 3. The molecule has 1 amide bonds. The first-order chi connectivity index (χ1) is 5.89. The van der Waals surface area contributed by atoms with Crippen molar-refractivity contribution in [1.29, 1.82) is 0 Å². The number of rotatable bonds is 1. The molecule has 0 aromatic carbocycles. The van der Waals surface area contributed by atoms with Gasteiger partial charge in [0.25, 0.3) is 0 Å². The number of ether oxygens (including phenoxy) is 1. The minimum Gasteiger partial charge on any atom is -0.429 e. The molecule has 0 bridgehead atoms. The lowest BCUT2D eigenvalue weighted by atomic mass is 9.97. The van der Waals surface area contributed by atoms with Crippen LogP contribution in [0, 0.1) is 5.41 Å². The number of hydrogen-bond donors (Lipinski definition) is 1. The summed E-state index contributed by atoms with van der Waals surface area (Å²) in [6, 6.07) is 0. The highest BCUT2D eigenvalue weighted by molar-refractivity contribution is 5.91. The van der Waals surface area contributed by atoms with E-state index in [0.29, 0.717) is 12.3 Å². The van der Waals surface area contributed by atoms with Crippen LogP contribution in [0.3, 0.4) is 0 Å². The average Bonchev–Trinajstić information content (AvgIpc) is 2.33. The Morgan fingerprint density at radius 3 is 2.54 bits per heavy atom. The molecule has 1 aliphatic rings. The summed E-state index contributed by atoms with van der Waals surface area (Å²) in [4.78, 5) is 22.0. The van der Waals surface area contributed by atoms with E-state index in [-0.39, 0.29) is 11.9 Å². The number of nitrogens with one attached hydrogen (secondary N) is 1. The van der Waals surface area contributed by atoms with E-state index in [1.54, 1.807) is 20.8 Å². The van der Waals surface area contributed by atoms with Crippen LogP contribution in [0.1, 0.15) is 20.8 Å². The van der Waals surface area contributed by atoms with Gasteiger partial charge >= 0.3 is 5.97 Å². The molecule has 0 saturated carbocycles. The van der Waals surface area contributed by atoms with Gasteiger partial charge in [0.1, 0.15) is 5.76 Å². The Kier molecular flexibility index (Phi) is 2.40. The van der Waals surface area contributed by atoms with E-state index in [9.17, 15) is 9.59 Å². The molecular weight excluding hydrogens is 170 g/mol. The topological polar surface area (TPSA) is 55.4 Å². The second-order valence-electron chi connectivity index (χ2n) is 3.97. The molecule has 0 saturated heterocycles. The largest absolute Gasteiger partial charge is 0.429 e. The van der Waals surface area contributed by atoms with Crippen molar-refractivity contribution in [1.82, 2.24) is 5.32 Å². The van der Waals surface area contributed by atoms with E-state index in [2.05, 4.69) is 5.32 Å². The molecule has 1 rings (SSSR count). The van der Waals surface area contributed by atoms with E-state index in [4.69, 9.17) is 4.74 Å². The molecule has 1 heterocycles. The summed E-state index contributed by atoms with van der Waals surface area (Å²) in [6.45, 7) is 5.60. The highest BCUT2D eigenvalue weighted by Gasteiger charge is 2.25. The molecule has 0 aromatic heterocycles. The Bertz CT molecular complexity index is 273. The molecule has 13 heavy (non-hydrogen) atoms. The zero-order valence-electron chi connectivity index (χ0n) is 8.01. The Hall–Kier alpha value is -1.32. The molecule has 4 heteroatoms. The summed E-state index contributed by atoms with van der Waals surface area (Å²) in [7, 11) is 0. The summed E-state index contributed by atoms with van der Waals surface area (Å²) in [5.74, 6) is -0.142. The molecule has 0 spiro atoms. The van der Waals surface area contributed by atoms with Gasteiger partial charge in [-0.1, -0.05) is 0 Å². The maximum atomic E-state index is 11.3. The molecular formula is C9H13NO3. The molecule has 72 valence electrons. The fourth-order valence-corrected chi connectivity index (χ4v) is 0.760. The third kappa shape index (κ3) is 2.57. The standard InChI is InChI=1S/C9H13NO3/c1-9(2,3)8(12)13-6-4-7(11)10-5-6/h4H,5H2,1-3H3,(H,10,11).